The molecule has 0 saturated carbocycles. The SMILES string of the molecule is Cc1ccc([N+](=O)[O-])cc1S(=O)(=O)N1CCN(C(=O)C(C)SCc2ccccc2)CC1. The van der Waals surface area contributed by atoms with Gasteiger partial charge >= 0.3 is 0 Å². The molecule has 1 saturated heterocycles. The molecule has 8 nitrogen and oxygen atoms in total. The van der Waals surface area contributed by atoms with Gasteiger partial charge in [-0.05, 0) is 25.0 Å². The largest absolute Gasteiger partial charge is 0.339 e. The molecule has 1 atom stereocenters. The first kappa shape index (κ1) is 23.2. The highest BCUT2D eigenvalue weighted by Gasteiger charge is 2.33. The van der Waals surface area contributed by atoms with Crippen LogP contribution in [0.1, 0.15) is 18.1 Å². The number of piperazine rings is 1. The number of rotatable bonds is 7. The molecule has 2 aromatic carbocycles. The zero-order valence-corrected chi connectivity index (χ0v) is 19.1. The van der Waals surface area contributed by atoms with E-state index < -0.39 is 14.9 Å². The summed E-state index contributed by atoms with van der Waals surface area (Å²) >= 11 is 1.55. The maximum Gasteiger partial charge on any atom is 0.270 e. The second kappa shape index (κ2) is 9.80. The Hall–Kier alpha value is -2.43. The second-order valence-electron chi connectivity index (χ2n) is 7.38. The van der Waals surface area contributed by atoms with E-state index in [1.807, 2.05) is 37.3 Å². The van der Waals surface area contributed by atoms with Gasteiger partial charge in [0.05, 0.1) is 15.1 Å². The van der Waals surface area contributed by atoms with Gasteiger partial charge in [0.1, 0.15) is 0 Å². The van der Waals surface area contributed by atoms with Gasteiger partial charge in [-0.15, -0.1) is 11.8 Å². The number of carbonyl (C=O) groups excluding carboxylic acids is 1. The highest BCUT2D eigenvalue weighted by molar-refractivity contribution is 7.99. The number of nitro groups is 1. The summed E-state index contributed by atoms with van der Waals surface area (Å²) in [4.78, 5) is 24.8. The van der Waals surface area contributed by atoms with Crippen molar-refractivity contribution in [2.45, 2.75) is 29.7 Å². The lowest BCUT2D eigenvalue weighted by Gasteiger charge is -2.35. The number of thioether (sulfide) groups is 1. The number of aryl methyl sites for hydroxylation is 1. The van der Waals surface area contributed by atoms with Crippen molar-refractivity contribution < 1.29 is 18.1 Å². The fourth-order valence-electron chi connectivity index (χ4n) is 3.39. The highest BCUT2D eigenvalue weighted by atomic mass is 32.2. The van der Waals surface area contributed by atoms with Gasteiger partial charge in [0, 0.05) is 44.1 Å². The minimum absolute atomic E-state index is 0.00971. The van der Waals surface area contributed by atoms with E-state index in [1.165, 1.54) is 16.4 Å². The van der Waals surface area contributed by atoms with Crippen LogP contribution in [0.3, 0.4) is 0 Å². The molecule has 1 unspecified atom stereocenters. The topological polar surface area (TPSA) is 101 Å². The van der Waals surface area contributed by atoms with Crippen LogP contribution < -0.4 is 0 Å². The average Bonchev–Trinajstić information content (AvgIpc) is 2.77. The number of nitrogens with zero attached hydrogens (tertiary/aromatic N) is 3. The zero-order chi connectivity index (χ0) is 22.6. The Balaban J connectivity index is 1.61. The Morgan fingerprint density at radius 1 is 1.13 bits per heavy atom. The van der Waals surface area contributed by atoms with Crippen LogP contribution in [-0.4, -0.2) is 59.9 Å². The first-order valence-electron chi connectivity index (χ1n) is 9.89. The zero-order valence-electron chi connectivity index (χ0n) is 17.4. The minimum Gasteiger partial charge on any atom is -0.339 e. The van der Waals surface area contributed by atoms with Crippen molar-refractivity contribution in [2.24, 2.45) is 0 Å². The third-order valence-electron chi connectivity index (χ3n) is 5.24. The van der Waals surface area contributed by atoms with Gasteiger partial charge in [0.15, 0.2) is 0 Å². The third kappa shape index (κ3) is 5.44. The number of sulfonamides is 1. The third-order valence-corrected chi connectivity index (χ3v) is 8.48. The summed E-state index contributed by atoms with van der Waals surface area (Å²) in [7, 11) is -3.88. The van der Waals surface area contributed by atoms with Gasteiger partial charge in [-0.2, -0.15) is 4.31 Å². The first-order chi connectivity index (χ1) is 14.7. The maximum absolute atomic E-state index is 13.0. The number of benzene rings is 2. The molecular weight excluding hydrogens is 438 g/mol. The quantitative estimate of drug-likeness (QED) is 0.462. The number of nitro benzene ring substituents is 1. The molecule has 0 aliphatic carbocycles. The lowest BCUT2D eigenvalue weighted by Crippen LogP contribution is -2.52. The van der Waals surface area contributed by atoms with Gasteiger partial charge in [-0.25, -0.2) is 8.42 Å². The Morgan fingerprint density at radius 2 is 1.77 bits per heavy atom. The van der Waals surface area contributed by atoms with Crippen molar-refractivity contribution >= 4 is 33.4 Å². The summed E-state index contributed by atoms with van der Waals surface area (Å²) in [5.74, 6) is 0.721. The number of carbonyl (C=O) groups is 1. The van der Waals surface area contributed by atoms with Crippen LogP contribution in [-0.2, 0) is 20.6 Å². The fourth-order valence-corrected chi connectivity index (χ4v) is 5.99. The minimum atomic E-state index is -3.88. The van der Waals surface area contributed by atoms with Crippen LogP contribution in [0.15, 0.2) is 53.4 Å². The van der Waals surface area contributed by atoms with E-state index in [0.29, 0.717) is 18.7 Å². The van der Waals surface area contributed by atoms with E-state index in [1.54, 1.807) is 23.6 Å². The summed E-state index contributed by atoms with van der Waals surface area (Å²) in [6.45, 7) is 4.39. The molecule has 1 amide bonds. The van der Waals surface area contributed by atoms with Crippen LogP contribution in [0.4, 0.5) is 5.69 Å². The Labute approximate surface area is 186 Å². The molecule has 0 radical (unpaired) electrons. The Bertz CT molecular complexity index is 1050. The first-order valence-corrected chi connectivity index (χ1v) is 12.4. The predicted octanol–water partition coefficient (Wildman–Crippen LogP) is 3.06. The molecule has 0 spiro atoms. The average molecular weight is 464 g/mol. The number of hydrogen-bond donors (Lipinski definition) is 0. The van der Waals surface area contributed by atoms with Crippen LogP contribution in [0, 0.1) is 17.0 Å². The second-order valence-corrected chi connectivity index (χ2v) is 10.6. The van der Waals surface area contributed by atoms with E-state index in [4.69, 9.17) is 0 Å². The molecule has 31 heavy (non-hydrogen) atoms. The van der Waals surface area contributed by atoms with E-state index in [9.17, 15) is 23.3 Å². The molecule has 2 aromatic rings. The smallest absolute Gasteiger partial charge is 0.270 e. The molecule has 1 fully saturated rings. The normalized spacial score (nSPS) is 16.1. The standard InChI is InChI=1S/C21H25N3O5S2/c1-16-8-9-19(24(26)27)14-20(16)31(28,29)23-12-10-22(11-13-23)21(25)17(2)30-15-18-6-4-3-5-7-18/h3-9,14,17H,10-13,15H2,1-2H3. The van der Waals surface area contributed by atoms with Crippen LogP contribution in [0.5, 0.6) is 0 Å². The Morgan fingerprint density at radius 3 is 2.39 bits per heavy atom. The van der Waals surface area contributed by atoms with Crippen molar-refractivity contribution in [1.29, 1.82) is 0 Å². The van der Waals surface area contributed by atoms with Crippen molar-refractivity contribution in [3.8, 4) is 0 Å². The Kier molecular flexibility index (Phi) is 7.34. The van der Waals surface area contributed by atoms with Gasteiger partial charge in [0.25, 0.3) is 5.69 Å². The lowest BCUT2D eigenvalue weighted by molar-refractivity contribution is -0.385. The van der Waals surface area contributed by atoms with Crippen LogP contribution in [0.25, 0.3) is 0 Å². The number of amides is 1. The molecule has 166 valence electrons. The molecule has 1 aliphatic heterocycles. The van der Waals surface area contributed by atoms with Crippen molar-refractivity contribution in [3.05, 3.63) is 69.8 Å². The van der Waals surface area contributed by atoms with Crippen molar-refractivity contribution in [3.63, 3.8) is 0 Å². The summed E-state index contributed by atoms with van der Waals surface area (Å²) in [5, 5.41) is 10.8. The van der Waals surface area contributed by atoms with E-state index >= 15 is 0 Å². The maximum atomic E-state index is 13.0. The molecule has 0 N–H and O–H groups in total. The van der Waals surface area contributed by atoms with Gasteiger partial charge < -0.3 is 4.90 Å². The molecule has 1 heterocycles. The molecule has 3 rings (SSSR count). The molecular formula is C21H25N3O5S2. The van der Waals surface area contributed by atoms with E-state index in [0.717, 1.165) is 17.4 Å². The summed E-state index contributed by atoms with van der Waals surface area (Å²) in [6, 6.07) is 13.7. The molecule has 1 aliphatic rings. The lowest BCUT2D eigenvalue weighted by atomic mass is 10.2. The van der Waals surface area contributed by atoms with Gasteiger partial charge in [-0.3, -0.25) is 14.9 Å². The molecule has 0 aromatic heterocycles. The van der Waals surface area contributed by atoms with E-state index in [-0.39, 0.29) is 34.8 Å². The van der Waals surface area contributed by atoms with E-state index in [2.05, 4.69) is 0 Å². The summed E-state index contributed by atoms with van der Waals surface area (Å²) in [5.41, 5.74) is 1.34. The summed E-state index contributed by atoms with van der Waals surface area (Å²) < 4.78 is 27.4. The predicted molar refractivity (Wildman–Crippen MR) is 120 cm³/mol. The van der Waals surface area contributed by atoms with Gasteiger partial charge in [-0.1, -0.05) is 36.4 Å². The van der Waals surface area contributed by atoms with Crippen LogP contribution in [0.2, 0.25) is 0 Å². The fraction of sp³-hybridized carbons (Fsp3) is 0.381. The number of hydrogen-bond acceptors (Lipinski definition) is 6. The highest BCUT2D eigenvalue weighted by Crippen LogP contribution is 2.26. The summed E-state index contributed by atoms with van der Waals surface area (Å²) in [6.07, 6.45) is 0. The van der Waals surface area contributed by atoms with Crippen molar-refractivity contribution in [2.75, 3.05) is 26.2 Å². The number of non-ortho nitro benzene ring substituents is 1. The van der Waals surface area contributed by atoms with Gasteiger partial charge in [0.2, 0.25) is 15.9 Å². The molecule has 10 heteroatoms. The van der Waals surface area contributed by atoms with Crippen LogP contribution >= 0.6 is 11.8 Å². The molecule has 0 bridgehead atoms. The monoisotopic (exact) mass is 463 g/mol. The van der Waals surface area contributed by atoms with Crippen molar-refractivity contribution in [1.82, 2.24) is 9.21 Å².